The molecule has 1 fully saturated rings. The minimum Gasteiger partial charge on any atom is -0.495 e. The molecular formula is C19H17Cl2N3O3S. The maximum absolute atomic E-state index is 12.4. The summed E-state index contributed by atoms with van der Waals surface area (Å²) in [4.78, 5) is 29.0. The number of anilines is 1. The van der Waals surface area contributed by atoms with Crippen LogP contribution in [0.25, 0.3) is 0 Å². The van der Waals surface area contributed by atoms with Crippen LogP contribution >= 0.6 is 35.0 Å². The number of amidine groups is 1. The van der Waals surface area contributed by atoms with Gasteiger partial charge in [-0.05, 0) is 42.8 Å². The van der Waals surface area contributed by atoms with Gasteiger partial charge in [0.25, 0.3) is 0 Å². The van der Waals surface area contributed by atoms with Crippen LogP contribution < -0.4 is 15.4 Å². The molecule has 1 heterocycles. The van der Waals surface area contributed by atoms with Crippen molar-refractivity contribution in [1.29, 1.82) is 0 Å². The van der Waals surface area contributed by atoms with Crippen LogP contribution in [0.15, 0.2) is 41.4 Å². The van der Waals surface area contributed by atoms with Crippen molar-refractivity contribution in [2.24, 2.45) is 4.99 Å². The number of ether oxygens (including phenoxy) is 1. The molecule has 1 aliphatic heterocycles. The predicted molar refractivity (Wildman–Crippen MR) is 114 cm³/mol. The van der Waals surface area contributed by atoms with Crippen LogP contribution in [0.1, 0.15) is 12.0 Å². The van der Waals surface area contributed by atoms with E-state index in [1.807, 2.05) is 6.92 Å². The van der Waals surface area contributed by atoms with Gasteiger partial charge in [0.1, 0.15) is 11.0 Å². The number of nitrogens with zero attached hydrogens (tertiary/aromatic N) is 1. The van der Waals surface area contributed by atoms with E-state index in [-0.39, 0.29) is 18.2 Å². The Morgan fingerprint density at radius 1 is 1.29 bits per heavy atom. The molecule has 28 heavy (non-hydrogen) atoms. The molecule has 1 aliphatic rings. The number of aliphatic imine (C=N–C) groups is 1. The molecule has 0 aromatic heterocycles. The zero-order valence-corrected chi connectivity index (χ0v) is 17.4. The summed E-state index contributed by atoms with van der Waals surface area (Å²) in [5.74, 6) is -0.106. The van der Waals surface area contributed by atoms with Gasteiger partial charge in [-0.2, -0.15) is 0 Å². The lowest BCUT2D eigenvalue weighted by Crippen LogP contribution is -2.28. The second-order valence-electron chi connectivity index (χ2n) is 6.04. The maximum Gasteiger partial charge on any atom is 0.240 e. The summed E-state index contributed by atoms with van der Waals surface area (Å²) in [5.41, 5.74) is 1.98. The largest absolute Gasteiger partial charge is 0.495 e. The Labute approximate surface area is 176 Å². The lowest BCUT2D eigenvalue weighted by molar-refractivity contribution is -0.122. The summed E-state index contributed by atoms with van der Waals surface area (Å²) >= 11 is 13.1. The monoisotopic (exact) mass is 437 g/mol. The molecule has 0 saturated carbocycles. The van der Waals surface area contributed by atoms with Crippen molar-refractivity contribution in [3.8, 4) is 5.75 Å². The third-order valence-corrected chi connectivity index (χ3v) is 5.70. The number of carbonyl (C=O) groups is 2. The van der Waals surface area contributed by atoms with Gasteiger partial charge in [-0.25, -0.2) is 4.99 Å². The van der Waals surface area contributed by atoms with E-state index in [4.69, 9.17) is 27.9 Å². The van der Waals surface area contributed by atoms with Crippen LogP contribution in [0.2, 0.25) is 10.0 Å². The molecule has 2 aromatic rings. The highest BCUT2D eigenvalue weighted by Gasteiger charge is 2.32. The lowest BCUT2D eigenvalue weighted by atomic mass is 10.2. The van der Waals surface area contributed by atoms with Crippen molar-refractivity contribution >= 4 is 63.3 Å². The van der Waals surface area contributed by atoms with Crippen LogP contribution in [-0.2, 0) is 9.59 Å². The Kier molecular flexibility index (Phi) is 6.49. The van der Waals surface area contributed by atoms with Gasteiger partial charge in [0.15, 0.2) is 5.17 Å². The molecule has 0 radical (unpaired) electrons. The number of carbonyl (C=O) groups excluding carboxylic acids is 2. The highest BCUT2D eigenvalue weighted by molar-refractivity contribution is 8.15. The number of thioether (sulfide) groups is 1. The third kappa shape index (κ3) is 4.98. The first-order valence-electron chi connectivity index (χ1n) is 8.31. The van der Waals surface area contributed by atoms with E-state index < -0.39 is 5.25 Å². The maximum atomic E-state index is 12.4. The summed E-state index contributed by atoms with van der Waals surface area (Å²) in [7, 11) is 1.50. The highest BCUT2D eigenvalue weighted by atomic mass is 35.5. The van der Waals surface area contributed by atoms with Gasteiger partial charge in [0.05, 0.1) is 18.5 Å². The van der Waals surface area contributed by atoms with Crippen LogP contribution in [0.3, 0.4) is 0 Å². The van der Waals surface area contributed by atoms with Gasteiger partial charge in [0, 0.05) is 22.5 Å². The van der Waals surface area contributed by atoms with E-state index in [1.54, 1.807) is 36.4 Å². The SMILES string of the molecule is COc1cc(Cl)c(C)cc1NC(=O)CC1SC(=Nc2ccc(Cl)cc2)NC1=O. The average molecular weight is 438 g/mol. The molecule has 1 atom stereocenters. The number of hydrogen-bond acceptors (Lipinski definition) is 5. The molecule has 2 aromatic carbocycles. The first-order chi connectivity index (χ1) is 13.4. The summed E-state index contributed by atoms with van der Waals surface area (Å²) in [6.45, 7) is 1.83. The number of rotatable bonds is 5. The van der Waals surface area contributed by atoms with E-state index in [0.717, 1.165) is 5.56 Å². The van der Waals surface area contributed by atoms with E-state index >= 15 is 0 Å². The number of hydrogen-bond donors (Lipinski definition) is 2. The Hall–Kier alpha value is -2.22. The fraction of sp³-hybridized carbons (Fsp3) is 0.211. The molecule has 0 bridgehead atoms. The van der Waals surface area contributed by atoms with Crippen molar-refractivity contribution in [3.63, 3.8) is 0 Å². The summed E-state index contributed by atoms with van der Waals surface area (Å²) < 4.78 is 5.25. The Morgan fingerprint density at radius 3 is 2.68 bits per heavy atom. The number of methoxy groups -OCH3 is 1. The second-order valence-corrected chi connectivity index (χ2v) is 8.08. The van der Waals surface area contributed by atoms with Gasteiger partial charge in [0.2, 0.25) is 11.8 Å². The minimum atomic E-state index is -0.564. The molecule has 1 saturated heterocycles. The number of amides is 2. The topological polar surface area (TPSA) is 79.8 Å². The summed E-state index contributed by atoms with van der Waals surface area (Å²) in [6.07, 6.45) is 0.000958. The molecule has 9 heteroatoms. The van der Waals surface area contributed by atoms with E-state index in [2.05, 4.69) is 15.6 Å². The van der Waals surface area contributed by atoms with Gasteiger partial charge in [-0.1, -0.05) is 35.0 Å². The highest BCUT2D eigenvalue weighted by Crippen LogP contribution is 2.32. The van der Waals surface area contributed by atoms with E-state index in [0.29, 0.717) is 32.3 Å². The minimum absolute atomic E-state index is 0.000958. The first-order valence-corrected chi connectivity index (χ1v) is 9.95. The average Bonchev–Trinajstić information content (AvgIpc) is 2.98. The molecule has 0 aliphatic carbocycles. The van der Waals surface area contributed by atoms with Crippen LogP contribution in [-0.4, -0.2) is 29.3 Å². The first kappa shape index (κ1) is 20.5. The van der Waals surface area contributed by atoms with Gasteiger partial charge >= 0.3 is 0 Å². The van der Waals surface area contributed by atoms with Crippen molar-refractivity contribution in [1.82, 2.24) is 5.32 Å². The number of aryl methyl sites for hydroxylation is 1. The van der Waals surface area contributed by atoms with Crippen LogP contribution in [0.5, 0.6) is 5.75 Å². The lowest BCUT2D eigenvalue weighted by Gasteiger charge is -2.13. The van der Waals surface area contributed by atoms with Gasteiger partial charge in [-0.3, -0.25) is 9.59 Å². The molecular weight excluding hydrogens is 421 g/mol. The van der Waals surface area contributed by atoms with Crippen molar-refractivity contribution in [3.05, 3.63) is 52.0 Å². The Bertz CT molecular complexity index is 948. The zero-order valence-electron chi connectivity index (χ0n) is 15.1. The molecule has 0 spiro atoms. The molecule has 3 rings (SSSR count). The second kappa shape index (κ2) is 8.86. The molecule has 2 amide bonds. The predicted octanol–water partition coefficient (Wildman–Crippen LogP) is 4.56. The Morgan fingerprint density at radius 2 is 2.00 bits per heavy atom. The van der Waals surface area contributed by atoms with Crippen molar-refractivity contribution < 1.29 is 14.3 Å². The number of nitrogens with one attached hydrogen (secondary N) is 2. The molecule has 146 valence electrons. The molecule has 1 unspecified atom stereocenters. The van der Waals surface area contributed by atoms with Crippen LogP contribution in [0.4, 0.5) is 11.4 Å². The Balaban J connectivity index is 1.65. The third-order valence-electron chi connectivity index (χ3n) is 3.96. The normalized spacial score (nSPS) is 17.5. The van der Waals surface area contributed by atoms with E-state index in [1.165, 1.54) is 18.9 Å². The zero-order chi connectivity index (χ0) is 20.3. The molecule has 6 nitrogen and oxygen atoms in total. The summed E-state index contributed by atoms with van der Waals surface area (Å²) in [5, 5.41) is 6.51. The molecule has 2 N–H and O–H groups in total. The fourth-order valence-electron chi connectivity index (χ4n) is 2.52. The standard InChI is InChI=1S/C19H17Cl2N3O3S/c1-10-7-14(15(27-2)8-13(10)21)23-17(25)9-16-18(26)24-19(28-16)22-12-5-3-11(20)4-6-12/h3-8,16H,9H2,1-2H3,(H,23,25)(H,22,24,26). The fourth-order valence-corrected chi connectivity index (χ4v) is 3.79. The van der Waals surface area contributed by atoms with Crippen molar-refractivity contribution in [2.45, 2.75) is 18.6 Å². The van der Waals surface area contributed by atoms with E-state index in [9.17, 15) is 9.59 Å². The smallest absolute Gasteiger partial charge is 0.240 e. The summed E-state index contributed by atoms with van der Waals surface area (Å²) in [6, 6.07) is 10.3. The van der Waals surface area contributed by atoms with Gasteiger partial charge in [-0.15, -0.1) is 0 Å². The number of benzene rings is 2. The van der Waals surface area contributed by atoms with Crippen LogP contribution in [0, 0.1) is 6.92 Å². The quantitative estimate of drug-likeness (QED) is 0.718. The van der Waals surface area contributed by atoms with Crippen molar-refractivity contribution in [2.75, 3.05) is 12.4 Å². The number of halogens is 2. The van der Waals surface area contributed by atoms with Gasteiger partial charge < -0.3 is 15.4 Å².